The predicted molar refractivity (Wildman–Crippen MR) is 163 cm³/mol. The Morgan fingerprint density at radius 1 is 0.881 bits per heavy atom. The van der Waals surface area contributed by atoms with E-state index in [1.807, 2.05) is 6.07 Å². The number of sulfonamides is 1. The molecule has 42 heavy (non-hydrogen) atoms. The number of ether oxygens (including phenoxy) is 2. The van der Waals surface area contributed by atoms with Gasteiger partial charge in [0, 0.05) is 36.0 Å². The lowest BCUT2D eigenvalue weighted by atomic mass is 9.93. The van der Waals surface area contributed by atoms with Gasteiger partial charge in [-0.2, -0.15) is 0 Å². The molecule has 5 rings (SSSR count). The molecule has 1 saturated heterocycles. The summed E-state index contributed by atoms with van der Waals surface area (Å²) < 4.78 is 40.4. The average Bonchev–Trinajstić information content (AvgIpc) is 2.98. The van der Waals surface area contributed by atoms with E-state index in [4.69, 9.17) is 9.47 Å². The topological polar surface area (TPSA) is 135 Å². The Kier molecular flexibility index (Phi) is 8.74. The van der Waals surface area contributed by atoms with Crippen LogP contribution in [-0.2, 0) is 14.8 Å². The number of para-hydroxylation sites is 2. The maximum Gasteiger partial charge on any atom is 0.263 e. The molecule has 1 amide bonds. The molecular formula is C30H34N6O5S. The zero-order chi connectivity index (χ0) is 29.7. The fraction of sp³-hybridized carbons (Fsp3) is 0.300. The molecule has 1 aromatic heterocycles. The van der Waals surface area contributed by atoms with E-state index in [0.29, 0.717) is 46.2 Å². The van der Waals surface area contributed by atoms with Crippen molar-refractivity contribution in [2.24, 2.45) is 5.92 Å². The smallest absolute Gasteiger partial charge is 0.263 e. The van der Waals surface area contributed by atoms with E-state index < -0.39 is 10.0 Å². The molecule has 0 saturated carbocycles. The van der Waals surface area contributed by atoms with Crippen LogP contribution in [0.25, 0.3) is 11.0 Å². The third-order valence-electron chi connectivity index (χ3n) is 7.16. The van der Waals surface area contributed by atoms with E-state index in [1.165, 1.54) is 12.1 Å². The summed E-state index contributed by atoms with van der Waals surface area (Å²) in [6.07, 6.45) is 2.34. The molecule has 0 atom stereocenters. The summed E-state index contributed by atoms with van der Waals surface area (Å²) in [5, 5.41) is 6.00. The zero-order valence-corrected chi connectivity index (χ0v) is 24.6. The molecule has 1 aliphatic heterocycles. The Balaban J connectivity index is 1.39. The number of aromatic nitrogens is 2. The van der Waals surface area contributed by atoms with Crippen molar-refractivity contribution in [3.63, 3.8) is 0 Å². The van der Waals surface area contributed by atoms with Crippen molar-refractivity contribution in [1.82, 2.24) is 14.9 Å². The third-order valence-corrected chi connectivity index (χ3v) is 8.49. The highest BCUT2D eigenvalue weighted by Crippen LogP contribution is 2.32. The summed E-state index contributed by atoms with van der Waals surface area (Å²) in [4.78, 5) is 24.1. The highest BCUT2D eigenvalue weighted by atomic mass is 32.2. The molecule has 1 aliphatic rings. The first-order valence-corrected chi connectivity index (χ1v) is 15.1. The number of fused-ring (bicyclic) bond motifs is 1. The van der Waals surface area contributed by atoms with Crippen LogP contribution in [0.2, 0.25) is 0 Å². The van der Waals surface area contributed by atoms with Crippen molar-refractivity contribution in [2.45, 2.75) is 24.2 Å². The largest absolute Gasteiger partial charge is 0.497 e. The fourth-order valence-corrected chi connectivity index (χ4v) is 5.90. The number of carbonyl (C=O) groups excluding carboxylic acids is 1. The molecule has 3 N–H and O–H groups in total. The zero-order valence-electron chi connectivity index (χ0n) is 23.8. The Hall–Kier alpha value is -4.42. The molecule has 1 fully saturated rings. The minimum absolute atomic E-state index is 0.00666. The van der Waals surface area contributed by atoms with Gasteiger partial charge in [0.15, 0.2) is 11.6 Å². The quantitative estimate of drug-likeness (QED) is 0.237. The van der Waals surface area contributed by atoms with Crippen molar-refractivity contribution in [2.75, 3.05) is 49.7 Å². The Morgan fingerprint density at radius 2 is 1.52 bits per heavy atom. The van der Waals surface area contributed by atoms with E-state index in [0.717, 1.165) is 25.9 Å². The SMILES string of the molecule is COc1cc(Nc2nc3ccccc3nc2NS(=O)(=O)c2cccc(NC(=O)CC3CCN(C)CC3)c2)cc(OC)c1. The normalized spacial score (nSPS) is 14.4. The number of methoxy groups -OCH3 is 2. The summed E-state index contributed by atoms with van der Waals surface area (Å²) in [6.45, 7) is 1.94. The van der Waals surface area contributed by atoms with Crippen molar-refractivity contribution in [3.05, 3.63) is 66.7 Å². The molecule has 0 unspecified atom stereocenters. The van der Waals surface area contributed by atoms with Crippen molar-refractivity contribution in [1.29, 1.82) is 0 Å². The van der Waals surface area contributed by atoms with Gasteiger partial charge in [0.2, 0.25) is 5.91 Å². The summed E-state index contributed by atoms with van der Waals surface area (Å²) in [7, 11) is 1.05. The maximum atomic E-state index is 13.6. The van der Waals surface area contributed by atoms with Gasteiger partial charge >= 0.3 is 0 Å². The number of nitrogens with one attached hydrogen (secondary N) is 3. The molecule has 11 nitrogen and oxygen atoms in total. The first kappa shape index (κ1) is 29.1. The maximum absolute atomic E-state index is 13.6. The lowest BCUT2D eigenvalue weighted by Gasteiger charge is -2.28. The molecular weight excluding hydrogens is 556 g/mol. The van der Waals surface area contributed by atoms with Crippen molar-refractivity contribution in [3.8, 4) is 11.5 Å². The Morgan fingerprint density at radius 3 is 2.17 bits per heavy atom. The van der Waals surface area contributed by atoms with Gasteiger partial charge < -0.3 is 25.0 Å². The van der Waals surface area contributed by atoms with Crippen molar-refractivity contribution < 1.29 is 22.7 Å². The molecule has 2 heterocycles. The molecule has 12 heteroatoms. The van der Waals surface area contributed by atoms with Gasteiger partial charge in [-0.25, -0.2) is 18.4 Å². The van der Waals surface area contributed by atoms with Gasteiger partial charge in [0.05, 0.1) is 30.1 Å². The van der Waals surface area contributed by atoms with Gasteiger partial charge in [-0.05, 0) is 69.2 Å². The van der Waals surface area contributed by atoms with Crippen LogP contribution in [0, 0.1) is 5.92 Å². The number of piperidine rings is 1. The van der Waals surface area contributed by atoms with Gasteiger partial charge in [0.1, 0.15) is 11.5 Å². The number of anilines is 4. The van der Waals surface area contributed by atoms with Gasteiger partial charge in [0.25, 0.3) is 10.0 Å². The second-order valence-electron chi connectivity index (χ2n) is 10.3. The van der Waals surface area contributed by atoms with Crippen LogP contribution in [0.4, 0.5) is 23.0 Å². The van der Waals surface area contributed by atoms with Crippen LogP contribution in [0.1, 0.15) is 19.3 Å². The van der Waals surface area contributed by atoms with Crippen LogP contribution in [0.5, 0.6) is 11.5 Å². The summed E-state index contributed by atoms with van der Waals surface area (Å²) in [5.74, 6) is 1.47. The minimum Gasteiger partial charge on any atom is -0.497 e. The van der Waals surface area contributed by atoms with E-state index >= 15 is 0 Å². The van der Waals surface area contributed by atoms with Gasteiger partial charge in [-0.15, -0.1) is 0 Å². The molecule has 220 valence electrons. The minimum atomic E-state index is -4.11. The average molecular weight is 591 g/mol. The van der Waals surface area contributed by atoms with E-state index in [1.54, 1.807) is 62.8 Å². The number of hydrogen-bond acceptors (Lipinski definition) is 9. The number of carbonyl (C=O) groups is 1. The second kappa shape index (κ2) is 12.6. The molecule has 4 aromatic rings. The molecule has 0 radical (unpaired) electrons. The lowest BCUT2D eigenvalue weighted by molar-refractivity contribution is -0.117. The molecule has 0 spiro atoms. The molecule has 0 bridgehead atoms. The third kappa shape index (κ3) is 7.07. The van der Waals surface area contributed by atoms with Gasteiger partial charge in [-0.1, -0.05) is 18.2 Å². The van der Waals surface area contributed by atoms with E-state index in [-0.39, 0.29) is 22.4 Å². The standard InChI is InChI=1S/C30H34N6O5S/c1-36-13-11-20(12-14-36)15-28(37)31-21-7-6-8-25(18-21)42(38,39)35-30-29(33-26-9-4-5-10-27(26)34-30)32-22-16-23(40-2)19-24(17-22)41-3/h4-10,16-20H,11-15H2,1-3H3,(H,31,37)(H,32,33)(H,34,35). The summed E-state index contributed by atoms with van der Waals surface area (Å²) >= 11 is 0. The van der Waals surface area contributed by atoms with Crippen LogP contribution in [-0.4, -0.2) is 63.5 Å². The number of rotatable bonds is 10. The first-order valence-electron chi connectivity index (χ1n) is 13.6. The van der Waals surface area contributed by atoms with Crippen LogP contribution in [0.15, 0.2) is 71.6 Å². The molecule has 0 aliphatic carbocycles. The number of likely N-dealkylation sites (tertiary alicyclic amines) is 1. The lowest BCUT2D eigenvalue weighted by Crippen LogP contribution is -2.31. The highest BCUT2D eigenvalue weighted by Gasteiger charge is 2.22. The number of nitrogens with zero attached hydrogens (tertiary/aromatic N) is 3. The fourth-order valence-electron chi connectivity index (χ4n) is 4.84. The van der Waals surface area contributed by atoms with Crippen molar-refractivity contribution >= 4 is 50.0 Å². The second-order valence-corrected chi connectivity index (χ2v) is 12.0. The predicted octanol–water partition coefficient (Wildman–Crippen LogP) is 4.86. The summed E-state index contributed by atoms with van der Waals surface area (Å²) in [6, 6.07) is 18.5. The monoisotopic (exact) mass is 590 g/mol. The van der Waals surface area contributed by atoms with E-state index in [9.17, 15) is 13.2 Å². The Labute approximate surface area is 245 Å². The Bertz CT molecular complexity index is 1670. The first-order chi connectivity index (χ1) is 20.2. The molecule has 3 aromatic carbocycles. The van der Waals surface area contributed by atoms with Crippen LogP contribution in [0.3, 0.4) is 0 Å². The highest BCUT2D eigenvalue weighted by molar-refractivity contribution is 7.92. The number of benzene rings is 3. The van der Waals surface area contributed by atoms with Gasteiger partial charge in [-0.3, -0.25) is 9.52 Å². The van der Waals surface area contributed by atoms with Crippen LogP contribution < -0.4 is 24.8 Å². The number of hydrogen-bond donors (Lipinski definition) is 3. The van der Waals surface area contributed by atoms with E-state index in [2.05, 4.69) is 37.3 Å². The number of amides is 1. The summed E-state index contributed by atoms with van der Waals surface area (Å²) in [5.41, 5.74) is 2.05. The van der Waals surface area contributed by atoms with Crippen LogP contribution >= 0.6 is 0 Å².